The minimum absolute atomic E-state index is 0.0960. The number of aromatic nitrogens is 1. The van der Waals surface area contributed by atoms with Gasteiger partial charge in [0.25, 0.3) is 0 Å². The predicted octanol–water partition coefficient (Wildman–Crippen LogP) is 5.51. The van der Waals surface area contributed by atoms with Crippen molar-refractivity contribution >= 4 is 22.5 Å². The van der Waals surface area contributed by atoms with Gasteiger partial charge in [-0.2, -0.15) is 13.2 Å². The van der Waals surface area contributed by atoms with Crippen molar-refractivity contribution in [3.05, 3.63) is 59.2 Å². The van der Waals surface area contributed by atoms with Gasteiger partial charge < -0.3 is 4.98 Å². The molecule has 20 heavy (non-hydrogen) atoms. The van der Waals surface area contributed by atoms with Crippen LogP contribution >= 0.6 is 11.6 Å². The molecule has 0 amide bonds. The van der Waals surface area contributed by atoms with Crippen molar-refractivity contribution in [2.75, 3.05) is 0 Å². The molecule has 5 heteroatoms. The zero-order chi connectivity index (χ0) is 14.3. The maximum absolute atomic E-state index is 13.2. The molecule has 1 N–H and O–H groups in total. The van der Waals surface area contributed by atoms with E-state index < -0.39 is 11.9 Å². The smallest absolute Gasteiger partial charge is 0.350 e. The number of rotatable bonds is 1. The molecule has 1 heterocycles. The fourth-order valence-corrected chi connectivity index (χ4v) is 2.53. The maximum atomic E-state index is 13.2. The Hall–Kier alpha value is -1.94. The quantitative estimate of drug-likeness (QED) is 0.609. The van der Waals surface area contributed by atoms with Crippen LogP contribution in [0.1, 0.15) is 5.69 Å². The number of aromatic amines is 1. The molecular formula is C15H9ClF3N. The summed E-state index contributed by atoms with van der Waals surface area (Å²) >= 11 is 6.06. The number of hydrogen-bond donors (Lipinski definition) is 1. The summed E-state index contributed by atoms with van der Waals surface area (Å²) < 4.78 is 39.7. The van der Waals surface area contributed by atoms with E-state index in [0.717, 1.165) is 0 Å². The van der Waals surface area contributed by atoms with Crippen LogP contribution in [0.4, 0.5) is 13.2 Å². The SMILES string of the molecule is FC(F)(F)c1[nH]c2ccccc2c1-c1ccccc1Cl. The summed E-state index contributed by atoms with van der Waals surface area (Å²) in [5.74, 6) is 0. The number of nitrogens with one attached hydrogen (secondary N) is 1. The highest BCUT2D eigenvalue weighted by Gasteiger charge is 2.37. The third-order valence-corrected chi connectivity index (χ3v) is 3.46. The first-order valence-corrected chi connectivity index (χ1v) is 6.29. The molecule has 0 aliphatic carbocycles. The zero-order valence-corrected chi connectivity index (χ0v) is 10.9. The summed E-state index contributed by atoms with van der Waals surface area (Å²) in [6, 6.07) is 13.2. The average Bonchev–Trinajstić information content (AvgIpc) is 2.79. The first kappa shape index (κ1) is 13.1. The fourth-order valence-electron chi connectivity index (χ4n) is 2.30. The van der Waals surface area contributed by atoms with E-state index >= 15 is 0 Å². The molecule has 0 fully saturated rings. The zero-order valence-electron chi connectivity index (χ0n) is 10.1. The lowest BCUT2D eigenvalue weighted by molar-refractivity contribution is -0.140. The fraction of sp³-hybridized carbons (Fsp3) is 0.0667. The van der Waals surface area contributed by atoms with E-state index in [9.17, 15) is 13.2 Å². The van der Waals surface area contributed by atoms with E-state index in [0.29, 0.717) is 21.5 Å². The molecule has 0 aliphatic rings. The molecule has 0 saturated carbocycles. The summed E-state index contributed by atoms with van der Waals surface area (Å²) in [4.78, 5) is 2.45. The van der Waals surface area contributed by atoms with Crippen molar-refractivity contribution in [3.63, 3.8) is 0 Å². The summed E-state index contributed by atoms with van der Waals surface area (Å²) in [5.41, 5.74) is 0.138. The summed E-state index contributed by atoms with van der Waals surface area (Å²) in [6.45, 7) is 0. The predicted molar refractivity (Wildman–Crippen MR) is 73.7 cm³/mol. The van der Waals surface area contributed by atoms with Crippen LogP contribution in [0.5, 0.6) is 0 Å². The standard InChI is InChI=1S/C15H9ClF3N/c16-11-7-3-1-5-9(11)13-10-6-2-4-8-12(10)20-14(13)15(17,18)19/h1-8,20H. The maximum Gasteiger partial charge on any atom is 0.431 e. The summed E-state index contributed by atoms with van der Waals surface area (Å²) in [7, 11) is 0. The molecule has 0 saturated heterocycles. The molecule has 0 bridgehead atoms. The number of halogens is 4. The van der Waals surface area contributed by atoms with Gasteiger partial charge in [0.05, 0.1) is 0 Å². The summed E-state index contributed by atoms with van der Waals surface area (Å²) in [5, 5.41) is 0.802. The van der Waals surface area contributed by atoms with E-state index in [-0.39, 0.29) is 5.56 Å². The lowest BCUT2D eigenvalue weighted by Gasteiger charge is -2.09. The highest BCUT2D eigenvalue weighted by molar-refractivity contribution is 6.33. The lowest BCUT2D eigenvalue weighted by Crippen LogP contribution is -2.07. The Bertz CT molecular complexity index is 774. The third-order valence-electron chi connectivity index (χ3n) is 3.13. The third kappa shape index (κ3) is 2.06. The molecule has 0 radical (unpaired) electrons. The second-order valence-electron chi connectivity index (χ2n) is 4.40. The van der Waals surface area contributed by atoms with Gasteiger partial charge >= 0.3 is 6.18 Å². The van der Waals surface area contributed by atoms with Gasteiger partial charge in [-0.05, 0) is 12.1 Å². The Labute approximate surface area is 118 Å². The van der Waals surface area contributed by atoms with E-state index in [1.54, 1.807) is 48.5 Å². The van der Waals surface area contributed by atoms with Crippen LogP contribution in [-0.4, -0.2) is 4.98 Å². The first-order chi connectivity index (χ1) is 9.48. The topological polar surface area (TPSA) is 15.8 Å². The molecule has 2 aromatic carbocycles. The van der Waals surface area contributed by atoms with Crippen molar-refractivity contribution in [1.29, 1.82) is 0 Å². The Morgan fingerprint density at radius 2 is 1.55 bits per heavy atom. The van der Waals surface area contributed by atoms with E-state index in [2.05, 4.69) is 4.98 Å². The molecule has 0 unspecified atom stereocenters. The molecule has 0 atom stereocenters. The lowest BCUT2D eigenvalue weighted by atomic mass is 10.0. The Morgan fingerprint density at radius 3 is 2.25 bits per heavy atom. The molecule has 1 aromatic heterocycles. The van der Waals surface area contributed by atoms with Crippen molar-refractivity contribution < 1.29 is 13.2 Å². The molecule has 0 aliphatic heterocycles. The largest absolute Gasteiger partial charge is 0.431 e. The Kier molecular flexibility index (Phi) is 2.98. The number of alkyl halides is 3. The van der Waals surface area contributed by atoms with E-state index in [1.165, 1.54) is 0 Å². The number of hydrogen-bond acceptors (Lipinski definition) is 0. The molecule has 0 spiro atoms. The molecule has 3 rings (SSSR count). The molecule has 1 nitrogen and oxygen atoms in total. The van der Waals surface area contributed by atoms with Gasteiger partial charge in [0, 0.05) is 27.1 Å². The van der Waals surface area contributed by atoms with Crippen LogP contribution in [0.3, 0.4) is 0 Å². The van der Waals surface area contributed by atoms with Gasteiger partial charge in [0.1, 0.15) is 5.69 Å². The van der Waals surface area contributed by atoms with Gasteiger partial charge in [0.2, 0.25) is 0 Å². The Morgan fingerprint density at radius 1 is 0.900 bits per heavy atom. The van der Waals surface area contributed by atoms with Crippen molar-refractivity contribution in [2.45, 2.75) is 6.18 Å². The van der Waals surface area contributed by atoms with Crippen molar-refractivity contribution in [2.24, 2.45) is 0 Å². The average molecular weight is 296 g/mol. The van der Waals surface area contributed by atoms with Crippen LogP contribution in [-0.2, 0) is 6.18 Å². The Balaban J connectivity index is 2.41. The van der Waals surface area contributed by atoms with Gasteiger partial charge in [-0.15, -0.1) is 0 Å². The normalized spacial score (nSPS) is 12.0. The van der Waals surface area contributed by atoms with Crippen LogP contribution in [0, 0.1) is 0 Å². The minimum atomic E-state index is -4.46. The second-order valence-corrected chi connectivity index (χ2v) is 4.81. The summed E-state index contributed by atoms with van der Waals surface area (Å²) in [6.07, 6.45) is -4.46. The van der Waals surface area contributed by atoms with Gasteiger partial charge in [-0.25, -0.2) is 0 Å². The van der Waals surface area contributed by atoms with Crippen LogP contribution in [0.15, 0.2) is 48.5 Å². The van der Waals surface area contributed by atoms with Crippen LogP contribution < -0.4 is 0 Å². The molecule has 3 aromatic rings. The van der Waals surface area contributed by atoms with E-state index in [4.69, 9.17) is 11.6 Å². The van der Waals surface area contributed by atoms with E-state index in [1.807, 2.05) is 0 Å². The van der Waals surface area contributed by atoms with Crippen LogP contribution in [0.2, 0.25) is 5.02 Å². The molecular weight excluding hydrogens is 287 g/mol. The van der Waals surface area contributed by atoms with Crippen LogP contribution in [0.25, 0.3) is 22.0 Å². The first-order valence-electron chi connectivity index (χ1n) is 5.91. The number of benzene rings is 2. The van der Waals surface area contributed by atoms with Gasteiger partial charge in [-0.3, -0.25) is 0 Å². The second kappa shape index (κ2) is 4.56. The highest BCUT2D eigenvalue weighted by Crippen LogP contribution is 2.43. The number of fused-ring (bicyclic) bond motifs is 1. The highest BCUT2D eigenvalue weighted by atomic mass is 35.5. The van der Waals surface area contributed by atoms with Gasteiger partial charge in [-0.1, -0.05) is 48.0 Å². The van der Waals surface area contributed by atoms with Crippen molar-refractivity contribution in [1.82, 2.24) is 4.98 Å². The molecule has 102 valence electrons. The van der Waals surface area contributed by atoms with Crippen molar-refractivity contribution in [3.8, 4) is 11.1 Å². The minimum Gasteiger partial charge on any atom is -0.350 e. The monoisotopic (exact) mass is 295 g/mol. The number of para-hydroxylation sites is 1. The number of H-pyrrole nitrogens is 1. The van der Waals surface area contributed by atoms with Gasteiger partial charge in [0.15, 0.2) is 0 Å².